The second-order valence-electron chi connectivity index (χ2n) is 5.35. The van der Waals surface area contributed by atoms with Crippen LogP contribution in [0.15, 0.2) is 18.2 Å². The SMILES string of the molecule is CNC(=O)CCCC(=O)N1CCc2cccc(F)c2[C@@H]1C. The third-order valence-corrected chi connectivity index (χ3v) is 4.04. The van der Waals surface area contributed by atoms with Crippen LogP contribution in [0.3, 0.4) is 0 Å². The van der Waals surface area contributed by atoms with Crippen LogP contribution in [-0.2, 0) is 16.0 Å². The van der Waals surface area contributed by atoms with E-state index in [0.717, 1.165) is 5.56 Å². The zero-order valence-electron chi connectivity index (χ0n) is 12.5. The van der Waals surface area contributed by atoms with Gasteiger partial charge in [0, 0.05) is 32.0 Å². The van der Waals surface area contributed by atoms with Crippen LogP contribution in [-0.4, -0.2) is 30.3 Å². The molecule has 0 spiro atoms. The first-order valence-corrected chi connectivity index (χ1v) is 7.32. The molecule has 1 aliphatic rings. The minimum absolute atomic E-state index is 0.0136. The molecule has 0 aromatic heterocycles. The molecule has 1 aliphatic heterocycles. The Kier molecular flexibility index (Phi) is 4.94. The molecule has 0 unspecified atom stereocenters. The lowest BCUT2D eigenvalue weighted by Crippen LogP contribution is -2.39. The van der Waals surface area contributed by atoms with Gasteiger partial charge in [-0.3, -0.25) is 9.59 Å². The highest BCUT2D eigenvalue weighted by atomic mass is 19.1. The first kappa shape index (κ1) is 15.5. The van der Waals surface area contributed by atoms with Crippen molar-refractivity contribution >= 4 is 11.8 Å². The summed E-state index contributed by atoms with van der Waals surface area (Å²) < 4.78 is 14.0. The summed E-state index contributed by atoms with van der Waals surface area (Å²) in [7, 11) is 1.58. The highest BCUT2D eigenvalue weighted by molar-refractivity contribution is 5.79. The first-order chi connectivity index (χ1) is 10.0. The molecular formula is C16H21FN2O2. The number of fused-ring (bicyclic) bond motifs is 1. The molecule has 1 heterocycles. The van der Waals surface area contributed by atoms with Gasteiger partial charge in [0.15, 0.2) is 0 Å². The molecule has 114 valence electrons. The Labute approximate surface area is 124 Å². The van der Waals surface area contributed by atoms with Crippen molar-refractivity contribution in [1.29, 1.82) is 0 Å². The minimum Gasteiger partial charge on any atom is -0.359 e. The number of hydrogen-bond acceptors (Lipinski definition) is 2. The average molecular weight is 292 g/mol. The Morgan fingerprint density at radius 2 is 2.14 bits per heavy atom. The average Bonchev–Trinajstić information content (AvgIpc) is 2.47. The van der Waals surface area contributed by atoms with Crippen LogP contribution in [0.2, 0.25) is 0 Å². The van der Waals surface area contributed by atoms with Crippen LogP contribution < -0.4 is 5.32 Å². The molecule has 4 nitrogen and oxygen atoms in total. The molecule has 5 heteroatoms. The maximum Gasteiger partial charge on any atom is 0.223 e. The first-order valence-electron chi connectivity index (χ1n) is 7.32. The van der Waals surface area contributed by atoms with E-state index in [1.165, 1.54) is 6.07 Å². The van der Waals surface area contributed by atoms with E-state index in [9.17, 15) is 14.0 Å². The molecule has 2 rings (SSSR count). The van der Waals surface area contributed by atoms with E-state index < -0.39 is 0 Å². The van der Waals surface area contributed by atoms with E-state index in [-0.39, 0.29) is 23.7 Å². The third kappa shape index (κ3) is 3.40. The number of amides is 2. The predicted molar refractivity (Wildman–Crippen MR) is 78.1 cm³/mol. The van der Waals surface area contributed by atoms with Gasteiger partial charge < -0.3 is 10.2 Å². The van der Waals surface area contributed by atoms with E-state index in [2.05, 4.69) is 5.32 Å². The highest BCUT2D eigenvalue weighted by Gasteiger charge is 2.29. The Bertz CT molecular complexity index is 545. The molecule has 1 N–H and O–H groups in total. The smallest absolute Gasteiger partial charge is 0.223 e. The van der Waals surface area contributed by atoms with Gasteiger partial charge >= 0.3 is 0 Å². The summed E-state index contributed by atoms with van der Waals surface area (Å²) in [5.41, 5.74) is 1.61. The second-order valence-corrected chi connectivity index (χ2v) is 5.35. The molecule has 0 aliphatic carbocycles. The van der Waals surface area contributed by atoms with Crippen molar-refractivity contribution in [1.82, 2.24) is 10.2 Å². The molecular weight excluding hydrogens is 271 g/mol. The lowest BCUT2D eigenvalue weighted by atomic mass is 9.92. The lowest BCUT2D eigenvalue weighted by Gasteiger charge is -2.35. The topological polar surface area (TPSA) is 49.4 Å². The molecule has 0 bridgehead atoms. The molecule has 1 atom stereocenters. The fourth-order valence-corrected chi connectivity index (χ4v) is 2.87. The molecule has 21 heavy (non-hydrogen) atoms. The molecule has 0 saturated heterocycles. The Morgan fingerprint density at radius 1 is 1.38 bits per heavy atom. The van der Waals surface area contributed by atoms with Gasteiger partial charge in [-0.05, 0) is 31.4 Å². The number of carbonyl (C=O) groups is 2. The quantitative estimate of drug-likeness (QED) is 0.925. The van der Waals surface area contributed by atoms with Crippen molar-refractivity contribution in [2.45, 2.75) is 38.6 Å². The second kappa shape index (κ2) is 6.70. The molecule has 1 aromatic rings. The standard InChI is InChI=1S/C16H21FN2O2/c1-11-16-12(5-3-6-13(16)17)9-10-19(11)15(21)8-4-7-14(20)18-2/h3,5-6,11H,4,7-10H2,1-2H3,(H,18,20)/t11-/m0/s1. The normalized spacial score (nSPS) is 17.3. The number of hydrogen-bond donors (Lipinski definition) is 1. The van der Waals surface area contributed by atoms with Crippen LogP contribution in [0.1, 0.15) is 43.4 Å². The molecule has 0 radical (unpaired) electrons. The maximum absolute atomic E-state index is 14.0. The largest absolute Gasteiger partial charge is 0.359 e. The van der Waals surface area contributed by atoms with Crippen molar-refractivity contribution in [2.24, 2.45) is 0 Å². The number of nitrogens with one attached hydrogen (secondary N) is 1. The minimum atomic E-state index is -0.248. The number of benzene rings is 1. The Morgan fingerprint density at radius 3 is 2.86 bits per heavy atom. The van der Waals surface area contributed by atoms with Crippen LogP contribution in [0.25, 0.3) is 0 Å². The predicted octanol–water partition coefficient (Wildman–Crippen LogP) is 2.19. The summed E-state index contributed by atoms with van der Waals surface area (Å²) >= 11 is 0. The molecule has 1 aromatic carbocycles. The van der Waals surface area contributed by atoms with E-state index in [1.807, 2.05) is 13.0 Å². The van der Waals surface area contributed by atoms with Gasteiger partial charge in [-0.2, -0.15) is 0 Å². The maximum atomic E-state index is 14.0. The summed E-state index contributed by atoms with van der Waals surface area (Å²) in [5.74, 6) is -0.325. The van der Waals surface area contributed by atoms with Gasteiger partial charge in [0.25, 0.3) is 0 Å². The zero-order valence-corrected chi connectivity index (χ0v) is 12.5. The number of halogens is 1. The Hall–Kier alpha value is -1.91. The summed E-state index contributed by atoms with van der Waals surface area (Å²) in [6.45, 7) is 2.47. The summed E-state index contributed by atoms with van der Waals surface area (Å²) in [4.78, 5) is 25.1. The summed E-state index contributed by atoms with van der Waals surface area (Å²) in [6.07, 6.45) is 1.86. The van der Waals surface area contributed by atoms with Crippen LogP contribution in [0, 0.1) is 5.82 Å². The number of carbonyl (C=O) groups excluding carboxylic acids is 2. The molecule has 0 fully saturated rings. The van der Waals surface area contributed by atoms with Gasteiger partial charge in [0.2, 0.25) is 11.8 Å². The van der Waals surface area contributed by atoms with Crippen LogP contribution in [0.4, 0.5) is 4.39 Å². The summed E-state index contributed by atoms with van der Waals surface area (Å²) in [5, 5.41) is 2.53. The monoisotopic (exact) mass is 292 g/mol. The van der Waals surface area contributed by atoms with E-state index in [1.54, 1.807) is 18.0 Å². The van der Waals surface area contributed by atoms with Crippen molar-refractivity contribution in [3.8, 4) is 0 Å². The van der Waals surface area contributed by atoms with E-state index in [4.69, 9.17) is 0 Å². The molecule has 2 amide bonds. The summed E-state index contributed by atoms with van der Waals surface area (Å²) in [6, 6.07) is 4.82. The van der Waals surface area contributed by atoms with Gasteiger partial charge in [-0.25, -0.2) is 4.39 Å². The number of rotatable bonds is 4. The van der Waals surface area contributed by atoms with Gasteiger partial charge in [0.05, 0.1) is 6.04 Å². The zero-order chi connectivity index (χ0) is 15.4. The number of nitrogens with zero attached hydrogens (tertiary/aromatic N) is 1. The van der Waals surface area contributed by atoms with Crippen molar-refractivity contribution in [3.63, 3.8) is 0 Å². The van der Waals surface area contributed by atoms with Gasteiger partial charge in [-0.1, -0.05) is 12.1 Å². The Balaban J connectivity index is 2.01. The molecule has 0 saturated carbocycles. The van der Waals surface area contributed by atoms with Crippen molar-refractivity contribution in [2.75, 3.05) is 13.6 Å². The van der Waals surface area contributed by atoms with Crippen molar-refractivity contribution in [3.05, 3.63) is 35.1 Å². The van der Waals surface area contributed by atoms with Gasteiger partial charge in [-0.15, -0.1) is 0 Å². The van der Waals surface area contributed by atoms with Crippen LogP contribution in [0.5, 0.6) is 0 Å². The van der Waals surface area contributed by atoms with Gasteiger partial charge in [0.1, 0.15) is 5.82 Å². The fraction of sp³-hybridized carbons (Fsp3) is 0.500. The van der Waals surface area contributed by atoms with Crippen molar-refractivity contribution < 1.29 is 14.0 Å². The van der Waals surface area contributed by atoms with Crippen LogP contribution >= 0.6 is 0 Å². The van der Waals surface area contributed by atoms with E-state index >= 15 is 0 Å². The van der Waals surface area contributed by atoms with E-state index in [0.29, 0.717) is 37.8 Å². The highest BCUT2D eigenvalue weighted by Crippen LogP contribution is 2.31. The lowest BCUT2D eigenvalue weighted by molar-refractivity contribution is -0.134. The fourth-order valence-electron chi connectivity index (χ4n) is 2.87. The third-order valence-electron chi connectivity index (χ3n) is 4.04.